The van der Waals surface area contributed by atoms with Crippen LogP contribution in [0.2, 0.25) is 0 Å². The summed E-state index contributed by atoms with van der Waals surface area (Å²) < 4.78 is 4.30. The average Bonchev–Trinajstić information content (AvgIpc) is 3.30. The van der Waals surface area contributed by atoms with E-state index in [1.807, 2.05) is 29.6 Å². The molecular weight excluding hydrogens is 300 g/mol. The summed E-state index contributed by atoms with van der Waals surface area (Å²) in [6.07, 6.45) is 10.4. The largest absolute Gasteiger partial charge is 0.347 e. The second-order valence-electron chi connectivity index (χ2n) is 6.46. The second-order valence-corrected chi connectivity index (χ2v) is 6.46. The van der Waals surface area contributed by atoms with Crippen LogP contribution in [0.15, 0.2) is 55.2 Å². The van der Waals surface area contributed by atoms with Gasteiger partial charge in [-0.05, 0) is 30.4 Å². The summed E-state index contributed by atoms with van der Waals surface area (Å²) in [5.74, 6) is 0.248. The smallest absolute Gasteiger partial charge is 0.224 e. The SMILES string of the molecule is O=C(CCn1ccc2ccccc21)N1CCC[C@@H](n2ccnc2)C1. The molecule has 0 N–H and O–H groups in total. The number of aryl methyl sites for hydroxylation is 1. The van der Waals surface area contributed by atoms with Crippen LogP contribution in [-0.2, 0) is 11.3 Å². The molecule has 4 rings (SSSR count). The third-order valence-corrected chi connectivity index (χ3v) is 4.94. The molecule has 1 amide bonds. The van der Waals surface area contributed by atoms with Gasteiger partial charge in [-0.2, -0.15) is 0 Å². The third-order valence-electron chi connectivity index (χ3n) is 4.94. The highest BCUT2D eigenvalue weighted by Gasteiger charge is 2.24. The summed E-state index contributed by atoms with van der Waals surface area (Å²) in [6.45, 7) is 2.40. The van der Waals surface area contributed by atoms with E-state index >= 15 is 0 Å². The minimum Gasteiger partial charge on any atom is -0.347 e. The Balaban J connectivity index is 1.39. The van der Waals surface area contributed by atoms with Gasteiger partial charge in [-0.25, -0.2) is 4.98 Å². The number of likely N-dealkylation sites (tertiary alicyclic amines) is 1. The molecule has 5 heteroatoms. The number of fused-ring (bicyclic) bond motifs is 1. The summed E-state index contributed by atoms with van der Waals surface area (Å²) in [5.41, 5.74) is 1.19. The molecule has 1 atom stereocenters. The highest BCUT2D eigenvalue weighted by Crippen LogP contribution is 2.22. The van der Waals surface area contributed by atoms with Crippen LogP contribution in [0.4, 0.5) is 0 Å². The number of nitrogens with zero attached hydrogens (tertiary/aromatic N) is 4. The molecule has 0 aliphatic carbocycles. The van der Waals surface area contributed by atoms with Crippen LogP contribution in [0.1, 0.15) is 25.3 Å². The fraction of sp³-hybridized carbons (Fsp3) is 0.368. The van der Waals surface area contributed by atoms with Gasteiger partial charge in [0.1, 0.15) is 0 Å². The zero-order chi connectivity index (χ0) is 16.4. The van der Waals surface area contributed by atoms with E-state index in [1.54, 1.807) is 6.20 Å². The number of para-hydroxylation sites is 1. The molecule has 1 saturated heterocycles. The lowest BCUT2D eigenvalue weighted by molar-refractivity contribution is -0.133. The number of carbonyl (C=O) groups is 1. The van der Waals surface area contributed by atoms with Crippen molar-refractivity contribution in [1.29, 1.82) is 0 Å². The molecule has 0 spiro atoms. The summed E-state index contributed by atoms with van der Waals surface area (Å²) >= 11 is 0. The first-order valence-corrected chi connectivity index (χ1v) is 8.60. The van der Waals surface area contributed by atoms with E-state index < -0.39 is 0 Å². The van der Waals surface area contributed by atoms with Crippen LogP contribution in [-0.4, -0.2) is 38.0 Å². The fourth-order valence-electron chi connectivity index (χ4n) is 3.62. The van der Waals surface area contributed by atoms with E-state index in [4.69, 9.17) is 0 Å². The standard InChI is InChI=1S/C19H22N4O/c24-19(8-12-21-11-7-16-4-1-2-6-18(16)21)22-10-3-5-17(14-22)23-13-9-20-15-23/h1-2,4,6-7,9,11,13,15,17H,3,5,8,10,12,14H2/t17-/m1/s1. The maximum Gasteiger partial charge on any atom is 0.224 e. The van der Waals surface area contributed by atoms with Crippen molar-refractivity contribution in [1.82, 2.24) is 19.0 Å². The van der Waals surface area contributed by atoms with Crippen molar-refractivity contribution in [2.75, 3.05) is 13.1 Å². The molecule has 124 valence electrons. The first kappa shape index (κ1) is 15.0. The van der Waals surface area contributed by atoms with Crippen LogP contribution in [0, 0.1) is 0 Å². The lowest BCUT2D eigenvalue weighted by Crippen LogP contribution is -2.40. The quantitative estimate of drug-likeness (QED) is 0.741. The Kier molecular flexibility index (Phi) is 4.07. The normalized spacial score (nSPS) is 18.2. The van der Waals surface area contributed by atoms with Gasteiger partial charge in [0.15, 0.2) is 0 Å². The number of amides is 1. The van der Waals surface area contributed by atoms with Gasteiger partial charge < -0.3 is 14.0 Å². The molecule has 1 aliphatic rings. The Labute approximate surface area is 141 Å². The van der Waals surface area contributed by atoms with E-state index in [0.717, 1.165) is 32.5 Å². The Morgan fingerprint density at radius 2 is 2.12 bits per heavy atom. The second kappa shape index (κ2) is 6.51. The van der Waals surface area contributed by atoms with Gasteiger partial charge in [0.25, 0.3) is 0 Å². The highest BCUT2D eigenvalue weighted by atomic mass is 16.2. The molecule has 1 aliphatic heterocycles. The Morgan fingerprint density at radius 1 is 1.21 bits per heavy atom. The van der Waals surface area contributed by atoms with Crippen LogP contribution in [0.25, 0.3) is 10.9 Å². The first-order valence-electron chi connectivity index (χ1n) is 8.60. The Morgan fingerprint density at radius 3 is 3.00 bits per heavy atom. The maximum atomic E-state index is 12.6. The summed E-state index contributed by atoms with van der Waals surface area (Å²) in [7, 11) is 0. The van der Waals surface area contributed by atoms with Crippen LogP contribution in [0.3, 0.4) is 0 Å². The van der Waals surface area contributed by atoms with Crippen molar-refractivity contribution < 1.29 is 4.79 Å². The molecule has 24 heavy (non-hydrogen) atoms. The Bertz CT molecular complexity index is 821. The molecule has 5 nitrogen and oxygen atoms in total. The number of aromatic nitrogens is 3. The van der Waals surface area contributed by atoms with E-state index in [2.05, 4.69) is 38.5 Å². The zero-order valence-electron chi connectivity index (χ0n) is 13.7. The van der Waals surface area contributed by atoms with E-state index in [0.29, 0.717) is 12.5 Å². The number of imidazole rings is 1. The number of benzene rings is 1. The van der Waals surface area contributed by atoms with Crippen molar-refractivity contribution in [2.24, 2.45) is 0 Å². The van der Waals surface area contributed by atoms with Gasteiger partial charge in [-0.3, -0.25) is 4.79 Å². The minimum atomic E-state index is 0.248. The van der Waals surface area contributed by atoms with Gasteiger partial charge in [0, 0.05) is 50.2 Å². The lowest BCUT2D eigenvalue weighted by Gasteiger charge is -2.33. The van der Waals surface area contributed by atoms with Crippen molar-refractivity contribution in [2.45, 2.75) is 31.8 Å². The van der Waals surface area contributed by atoms with Gasteiger partial charge >= 0.3 is 0 Å². The maximum absolute atomic E-state index is 12.6. The number of hydrogen-bond donors (Lipinski definition) is 0. The lowest BCUT2D eigenvalue weighted by atomic mass is 10.1. The van der Waals surface area contributed by atoms with Crippen LogP contribution in [0.5, 0.6) is 0 Å². The number of carbonyl (C=O) groups excluding carboxylic acids is 1. The molecule has 2 aromatic heterocycles. The average molecular weight is 322 g/mol. The van der Waals surface area contributed by atoms with E-state index in [9.17, 15) is 4.79 Å². The number of hydrogen-bond acceptors (Lipinski definition) is 2. The van der Waals surface area contributed by atoms with Crippen LogP contribution >= 0.6 is 0 Å². The molecular formula is C19H22N4O. The molecule has 0 radical (unpaired) electrons. The highest BCUT2D eigenvalue weighted by molar-refractivity contribution is 5.80. The van der Waals surface area contributed by atoms with E-state index in [1.165, 1.54) is 10.9 Å². The molecule has 3 aromatic rings. The topological polar surface area (TPSA) is 43.1 Å². The molecule has 1 fully saturated rings. The summed E-state index contributed by atoms with van der Waals surface area (Å²) in [4.78, 5) is 18.8. The van der Waals surface area contributed by atoms with E-state index in [-0.39, 0.29) is 5.91 Å². The zero-order valence-corrected chi connectivity index (χ0v) is 13.7. The van der Waals surface area contributed by atoms with Crippen molar-refractivity contribution >= 4 is 16.8 Å². The predicted octanol–water partition coefficient (Wildman–Crippen LogP) is 3.09. The first-order chi connectivity index (χ1) is 11.8. The van der Waals surface area contributed by atoms with Crippen LogP contribution < -0.4 is 0 Å². The Hall–Kier alpha value is -2.56. The van der Waals surface area contributed by atoms with Gasteiger partial charge in [-0.15, -0.1) is 0 Å². The van der Waals surface area contributed by atoms with Crippen molar-refractivity contribution in [3.8, 4) is 0 Å². The van der Waals surface area contributed by atoms with Crippen molar-refractivity contribution in [3.05, 3.63) is 55.2 Å². The molecule has 0 unspecified atom stereocenters. The molecule has 0 bridgehead atoms. The van der Waals surface area contributed by atoms with Gasteiger partial charge in [0.05, 0.1) is 12.4 Å². The predicted molar refractivity (Wildman–Crippen MR) is 93.6 cm³/mol. The van der Waals surface area contributed by atoms with Crippen molar-refractivity contribution in [3.63, 3.8) is 0 Å². The molecule has 3 heterocycles. The number of piperidine rings is 1. The summed E-state index contributed by atoms with van der Waals surface area (Å²) in [6, 6.07) is 10.8. The monoisotopic (exact) mass is 322 g/mol. The summed E-state index contributed by atoms with van der Waals surface area (Å²) in [5, 5.41) is 1.23. The fourth-order valence-corrected chi connectivity index (χ4v) is 3.62. The number of rotatable bonds is 4. The molecule has 0 saturated carbocycles. The van der Waals surface area contributed by atoms with Gasteiger partial charge in [0.2, 0.25) is 5.91 Å². The minimum absolute atomic E-state index is 0.248. The third kappa shape index (κ3) is 2.94. The molecule has 1 aromatic carbocycles. The van der Waals surface area contributed by atoms with Gasteiger partial charge in [-0.1, -0.05) is 18.2 Å².